The highest BCUT2D eigenvalue weighted by molar-refractivity contribution is 5.93. The van der Waals surface area contributed by atoms with Gasteiger partial charge in [-0.3, -0.25) is 0 Å². The molecule has 0 saturated carbocycles. The van der Waals surface area contributed by atoms with Crippen molar-refractivity contribution in [3.05, 3.63) is 23.6 Å². The van der Waals surface area contributed by atoms with Gasteiger partial charge in [-0.15, -0.1) is 0 Å². The largest absolute Gasteiger partial charge is 0.478 e. The van der Waals surface area contributed by atoms with Crippen molar-refractivity contribution in [3.8, 4) is 0 Å². The quantitative estimate of drug-likeness (QED) is 0.782. The highest BCUT2D eigenvalue weighted by atomic mass is 19.1. The molecular weight excluding hydrogens is 227 g/mol. The van der Waals surface area contributed by atoms with Gasteiger partial charge >= 0.3 is 5.97 Å². The van der Waals surface area contributed by atoms with Crippen molar-refractivity contribution in [1.82, 2.24) is 4.98 Å². The van der Waals surface area contributed by atoms with E-state index < -0.39 is 11.8 Å². The number of anilines is 1. The Balaban J connectivity index is 3.12. The van der Waals surface area contributed by atoms with Crippen LogP contribution in [0.2, 0.25) is 0 Å². The number of carboxylic acids is 1. The van der Waals surface area contributed by atoms with Gasteiger partial charge in [-0.05, 0) is 12.5 Å². The molecule has 0 aliphatic rings. The molecule has 1 aromatic heterocycles. The predicted octanol–water partition coefficient (Wildman–Crippen LogP) is 1.13. The van der Waals surface area contributed by atoms with Gasteiger partial charge in [0.1, 0.15) is 17.2 Å². The SMILES string of the molecule is CCCN(CCO)c1ncc(F)cc1C(=O)O. The number of aromatic nitrogens is 1. The van der Waals surface area contributed by atoms with Crippen molar-refractivity contribution in [2.24, 2.45) is 0 Å². The van der Waals surface area contributed by atoms with Crippen LogP contribution in [0.4, 0.5) is 10.2 Å². The average molecular weight is 242 g/mol. The summed E-state index contributed by atoms with van der Waals surface area (Å²) in [5.41, 5.74) is -0.188. The molecule has 0 amide bonds. The van der Waals surface area contributed by atoms with Crippen LogP contribution in [-0.4, -0.2) is 40.9 Å². The number of aliphatic hydroxyl groups is 1. The third kappa shape index (κ3) is 3.39. The second-order valence-electron chi connectivity index (χ2n) is 3.54. The van der Waals surface area contributed by atoms with Crippen LogP contribution >= 0.6 is 0 Å². The van der Waals surface area contributed by atoms with E-state index in [1.54, 1.807) is 4.90 Å². The van der Waals surface area contributed by atoms with Crippen LogP contribution in [0.3, 0.4) is 0 Å². The first-order chi connectivity index (χ1) is 8.10. The van der Waals surface area contributed by atoms with Crippen LogP contribution in [-0.2, 0) is 0 Å². The lowest BCUT2D eigenvalue weighted by molar-refractivity contribution is 0.0696. The van der Waals surface area contributed by atoms with Crippen molar-refractivity contribution >= 4 is 11.8 Å². The van der Waals surface area contributed by atoms with Crippen LogP contribution in [0, 0.1) is 5.82 Å². The molecular formula is C11H15FN2O3. The summed E-state index contributed by atoms with van der Waals surface area (Å²) in [4.78, 5) is 16.4. The molecule has 0 unspecified atom stereocenters. The van der Waals surface area contributed by atoms with E-state index >= 15 is 0 Å². The number of hydrogen-bond acceptors (Lipinski definition) is 4. The zero-order chi connectivity index (χ0) is 12.8. The Bertz CT molecular complexity index is 392. The molecule has 0 aliphatic heterocycles. The smallest absolute Gasteiger partial charge is 0.339 e. The number of nitrogens with zero attached hydrogens (tertiary/aromatic N) is 2. The third-order valence-corrected chi connectivity index (χ3v) is 2.23. The first kappa shape index (κ1) is 13.4. The maximum atomic E-state index is 12.9. The Morgan fingerprint density at radius 2 is 2.24 bits per heavy atom. The minimum absolute atomic E-state index is 0.113. The first-order valence-electron chi connectivity index (χ1n) is 5.34. The maximum absolute atomic E-state index is 12.9. The van der Waals surface area contributed by atoms with Crippen molar-refractivity contribution in [3.63, 3.8) is 0 Å². The van der Waals surface area contributed by atoms with Gasteiger partial charge in [-0.1, -0.05) is 6.92 Å². The standard InChI is InChI=1S/C11H15FN2O3/c1-2-3-14(4-5-15)10-9(11(16)17)6-8(12)7-13-10/h6-7,15H,2-5H2,1H3,(H,16,17). The van der Waals surface area contributed by atoms with E-state index in [9.17, 15) is 9.18 Å². The van der Waals surface area contributed by atoms with E-state index in [4.69, 9.17) is 10.2 Å². The summed E-state index contributed by atoms with van der Waals surface area (Å²) in [7, 11) is 0. The van der Waals surface area contributed by atoms with E-state index in [1.165, 1.54) is 0 Å². The average Bonchev–Trinajstić information content (AvgIpc) is 2.28. The Labute approximate surface area is 98.5 Å². The zero-order valence-corrected chi connectivity index (χ0v) is 9.56. The lowest BCUT2D eigenvalue weighted by atomic mass is 10.2. The topological polar surface area (TPSA) is 73.7 Å². The molecule has 94 valence electrons. The van der Waals surface area contributed by atoms with Gasteiger partial charge in [-0.25, -0.2) is 14.2 Å². The minimum Gasteiger partial charge on any atom is -0.478 e. The van der Waals surface area contributed by atoms with Crippen LogP contribution in [0.5, 0.6) is 0 Å². The Morgan fingerprint density at radius 3 is 2.76 bits per heavy atom. The zero-order valence-electron chi connectivity index (χ0n) is 9.56. The van der Waals surface area contributed by atoms with E-state index in [2.05, 4.69) is 4.98 Å². The predicted molar refractivity (Wildman–Crippen MR) is 60.7 cm³/mol. The summed E-state index contributed by atoms with van der Waals surface area (Å²) < 4.78 is 12.9. The van der Waals surface area contributed by atoms with Gasteiger partial charge in [0.05, 0.1) is 12.8 Å². The molecule has 2 N–H and O–H groups in total. The van der Waals surface area contributed by atoms with Gasteiger partial charge in [0, 0.05) is 13.1 Å². The molecule has 1 rings (SSSR count). The normalized spacial score (nSPS) is 10.3. The van der Waals surface area contributed by atoms with Crippen LogP contribution in [0.1, 0.15) is 23.7 Å². The van der Waals surface area contributed by atoms with Crippen LogP contribution < -0.4 is 4.90 Å². The summed E-state index contributed by atoms with van der Waals surface area (Å²) in [5.74, 6) is -1.73. The number of pyridine rings is 1. The molecule has 0 spiro atoms. The number of aromatic carboxylic acids is 1. The molecule has 0 aliphatic carbocycles. The minimum atomic E-state index is -1.23. The van der Waals surface area contributed by atoms with Crippen molar-refractivity contribution in [2.75, 3.05) is 24.6 Å². The monoisotopic (exact) mass is 242 g/mol. The van der Waals surface area contributed by atoms with E-state index in [0.29, 0.717) is 6.54 Å². The molecule has 0 saturated heterocycles. The fourth-order valence-electron chi connectivity index (χ4n) is 1.56. The van der Waals surface area contributed by atoms with Gasteiger partial charge in [0.15, 0.2) is 0 Å². The van der Waals surface area contributed by atoms with Gasteiger partial charge in [-0.2, -0.15) is 0 Å². The summed E-state index contributed by atoms with van der Waals surface area (Å²) in [6, 6.07) is 0.935. The Morgan fingerprint density at radius 1 is 1.53 bits per heavy atom. The van der Waals surface area contributed by atoms with E-state index in [1.807, 2.05) is 6.92 Å². The number of aliphatic hydroxyl groups excluding tert-OH is 1. The fourth-order valence-corrected chi connectivity index (χ4v) is 1.56. The van der Waals surface area contributed by atoms with Crippen molar-refractivity contribution in [2.45, 2.75) is 13.3 Å². The van der Waals surface area contributed by atoms with Gasteiger partial charge in [0.25, 0.3) is 0 Å². The van der Waals surface area contributed by atoms with Gasteiger partial charge < -0.3 is 15.1 Å². The summed E-state index contributed by atoms with van der Waals surface area (Å²) in [6.45, 7) is 2.64. The lowest BCUT2D eigenvalue weighted by Gasteiger charge is -2.23. The van der Waals surface area contributed by atoms with Crippen LogP contribution in [0.15, 0.2) is 12.3 Å². The first-order valence-corrected chi connectivity index (χ1v) is 5.34. The molecule has 0 aromatic carbocycles. The molecule has 17 heavy (non-hydrogen) atoms. The second kappa shape index (κ2) is 6.15. The molecule has 1 heterocycles. The van der Waals surface area contributed by atoms with Gasteiger partial charge in [0.2, 0.25) is 0 Å². The number of halogens is 1. The van der Waals surface area contributed by atoms with Crippen molar-refractivity contribution < 1.29 is 19.4 Å². The third-order valence-electron chi connectivity index (χ3n) is 2.23. The summed E-state index contributed by atoms with van der Waals surface area (Å²) >= 11 is 0. The van der Waals surface area contributed by atoms with E-state index in [0.717, 1.165) is 18.7 Å². The van der Waals surface area contributed by atoms with Crippen molar-refractivity contribution in [1.29, 1.82) is 0 Å². The summed E-state index contributed by atoms with van der Waals surface area (Å²) in [6.07, 6.45) is 1.75. The molecule has 0 fully saturated rings. The summed E-state index contributed by atoms with van der Waals surface area (Å²) in [5, 5.41) is 17.9. The molecule has 1 aromatic rings. The molecule has 0 atom stereocenters. The number of hydrogen-bond donors (Lipinski definition) is 2. The molecule has 0 bridgehead atoms. The maximum Gasteiger partial charge on any atom is 0.339 e. The Kier molecular flexibility index (Phi) is 4.84. The number of carboxylic acid groups (broad SMARTS) is 1. The molecule has 5 nitrogen and oxygen atoms in total. The number of carbonyl (C=O) groups is 1. The van der Waals surface area contributed by atoms with E-state index in [-0.39, 0.29) is 24.5 Å². The molecule has 6 heteroatoms. The lowest BCUT2D eigenvalue weighted by Crippen LogP contribution is -2.30. The molecule has 0 radical (unpaired) electrons. The second-order valence-corrected chi connectivity index (χ2v) is 3.54. The highest BCUT2D eigenvalue weighted by Gasteiger charge is 2.17. The number of rotatable bonds is 6. The van der Waals surface area contributed by atoms with Crippen LogP contribution in [0.25, 0.3) is 0 Å². The fraction of sp³-hybridized carbons (Fsp3) is 0.455. The highest BCUT2D eigenvalue weighted by Crippen LogP contribution is 2.18. The Hall–Kier alpha value is -1.69.